The van der Waals surface area contributed by atoms with Crippen molar-refractivity contribution in [3.8, 4) is 17.2 Å². The molecule has 0 aliphatic rings. The molecule has 5 rings (SSSR count). The lowest BCUT2D eigenvalue weighted by Crippen LogP contribution is -2.09. The number of aromatic nitrogens is 2. The van der Waals surface area contributed by atoms with E-state index in [-0.39, 0.29) is 5.57 Å². The van der Waals surface area contributed by atoms with Gasteiger partial charge in [-0.3, -0.25) is 0 Å². The van der Waals surface area contributed by atoms with E-state index in [9.17, 15) is 9.90 Å². The molecule has 35 heavy (non-hydrogen) atoms. The molecular formula is C29H20N4O2. The molecule has 0 bridgehead atoms. The van der Waals surface area contributed by atoms with Crippen LogP contribution in [0.1, 0.15) is 5.56 Å². The van der Waals surface area contributed by atoms with Gasteiger partial charge in [-0.1, -0.05) is 48.5 Å². The van der Waals surface area contributed by atoms with Crippen LogP contribution in [0.4, 0.5) is 17.1 Å². The lowest BCUT2D eigenvalue weighted by Gasteiger charge is -2.25. The van der Waals surface area contributed by atoms with Gasteiger partial charge in [-0.25, -0.2) is 9.78 Å². The molecule has 0 aliphatic carbocycles. The van der Waals surface area contributed by atoms with E-state index in [1.807, 2.05) is 54.6 Å². The number of benzene rings is 3. The molecule has 5 aromatic rings. The highest BCUT2D eigenvalue weighted by Crippen LogP contribution is 2.35. The van der Waals surface area contributed by atoms with E-state index in [1.165, 1.54) is 6.08 Å². The maximum absolute atomic E-state index is 11.3. The molecule has 0 radical (unpaired) electrons. The van der Waals surface area contributed by atoms with Gasteiger partial charge in [-0.2, -0.15) is 5.26 Å². The molecule has 2 N–H and O–H groups in total. The molecule has 168 valence electrons. The summed E-state index contributed by atoms with van der Waals surface area (Å²) in [5.74, 6) is -1.26. The number of fused-ring (bicyclic) bond motifs is 1. The largest absolute Gasteiger partial charge is 0.477 e. The van der Waals surface area contributed by atoms with Crippen LogP contribution >= 0.6 is 0 Å². The maximum Gasteiger partial charge on any atom is 0.346 e. The molecule has 0 unspecified atom stereocenters. The van der Waals surface area contributed by atoms with Gasteiger partial charge in [0.1, 0.15) is 17.3 Å². The summed E-state index contributed by atoms with van der Waals surface area (Å²) in [6, 6.07) is 32.3. The van der Waals surface area contributed by atoms with Crippen LogP contribution in [0, 0.1) is 11.3 Å². The van der Waals surface area contributed by atoms with Crippen LogP contribution < -0.4 is 4.90 Å². The van der Waals surface area contributed by atoms with Gasteiger partial charge in [-0.15, -0.1) is 0 Å². The van der Waals surface area contributed by atoms with Gasteiger partial charge < -0.3 is 15.0 Å². The first-order valence-corrected chi connectivity index (χ1v) is 11.0. The summed E-state index contributed by atoms with van der Waals surface area (Å²) in [5.41, 5.74) is 5.89. The molecule has 2 heterocycles. The first kappa shape index (κ1) is 21.7. The van der Waals surface area contributed by atoms with Gasteiger partial charge in [0.05, 0.1) is 0 Å². The molecular weight excluding hydrogens is 436 g/mol. The summed E-state index contributed by atoms with van der Waals surface area (Å²) in [4.78, 5) is 21.0. The molecule has 0 aliphatic heterocycles. The lowest BCUT2D eigenvalue weighted by molar-refractivity contribution is -0.132. The van der Waals surface area contributed by atoms with Crippen molar-refractivity contribution >= 4 is 40.1 Å². The van der Waals surface area contributed by atoms with E-state index >= 15 is 0 Å². The Bertz CT molecular complexity index is 1530. The Labute approximate surface area is 202 Å². The summed E-state index contributed by atoms with van der Waals surface area (Å²) in [7, 11) is 0. The van der Waals surface area contributed by atoms with Crippen LogP contribution in [0.2, 0.25) is 0 Å². The van der Waals surface area contributed by atoms with Crippen molar-refractivity contribution in [3.05, 3.63) is 115 Å². The zero-order valence-electron chi connectivity index (χ0n) is 18.6. The van der Waals surface area contributed by atoms with Gasteiger partial charge in [0.15, 0.2) is 0 Å². The third kappa shape index (κ3) is 4.39. The summed E-state index contributed by atoms with van der Waals surface area (Å²) >= 11 is 0. The summed E-state index contributed by atoms with van der Waals surface area (Å²) in [6.07, 6.45) is 4.78. The van der Waals surface area contributed by atoms with Gasteiger partial charge in [0.2, 0.25) is 0 Å². The summed E-state index contributed by atoms with van der Waals surface area (Å²) in [6.45, 7) is 0. The molecule has 0 spiro atoms. The van der Waals surface area contributed by atoms with Crippen molar-refractivity contribution in [2.45, 2.75) is 0 Å². The number of hydrogen-bond donors (Lipinski definition) is 2. The van der Waals surface area contributed by atoms with Crippen molar-refractivity contribution in [2.24, 2.45) is 0 Å². The Hall–Kier alpha value is -5.15. The van der Waals surface area contributed by atoms with Gasteiger partial charge in [0, 0.05) is 46.0 Å². The zero-order chi connectivity index (χ0) is 24.2. The number of carbonyl (C=O) groups is 1. The second-order valence-corrected chi connectivity index (χ2v) is 7.89. The number of pyridine rings is 1. The molecule has 3 aromatic carbocycles. The molecule has 0 saturated heterocycles. The number of nitriles is 1. The smallest absolute Gasteiger partial charge is 0.346 e. The highest BCUT2D eigenvalue weighted by Gasteiger charge is 2.13. The second-order valence-electron chi connectivity index (χ2n) is 7.89. The third-order valence-corrected chi connectivity index (χ3v) is 5.70. The quantitative estimate of drug-likeness (QED) is 0.219. The second kappa shape index (κ2) is 9.38. The zero-order valence-corrected chi connectivity index (χ0v) is 18.6. The number of nitrogens with zero attached hydrogens (tertiary/aromatic N) is 3. The number of anilines is 3. The Morgan fingerprint density at radius 2 is 1.49 bits per heavy atom. The van der Waals surface area contributed by atoms with E-state index < -0.39 is 5.97 Å². The number of H-pyrrole nitrogens is 1. The highest BCUT2D eigenvalue weighted by atomic mass is 16.4. The Balaban J connectivity index is 1.53. The number of para-hydroxylation sites is 2. The van der Waals surface area contributed by atoms with Crippen molar-refractivity contribution in [3.63, 3.8) is 0 Å². The van der Waals surface area contributed by atoms with E-state index in [1.54, 1.807) is 18.5 Å². The van der Waals surface area contributed by atoms with Crippen LogP contribution in [0.5, 0.6) is 0 Å². The van der Waals surface area contributed by atoms with Crippen molar-refractivity contribution < 1.29 is 9.90 Å². The predicted octanol–water partition coefficient (Wildman–Crippen LogP) is 6.69. The van der Waals surface area contributed by atoms with Crippen LogP contribution in [0.15, 0.2) is 109 Å². The van der Waals surface area contributed by atoms with E-state index in [2.05, 4.69) is 51.3 Å². The van der Waals surface area contributed by atoms with E-state index in [0.29, 0.717) is 11.2 Å². The van der Waals surface area contributed by atoms with Crippen LogP contribution in [0.3, 0.4) is 0 Å². The summed E-state index contributed by atoms with van der Waals surface area (Å²) in [5, 5.41) is 19.0. The van der Waals surface area contributed by atoms with Crippen molar-refractivity contribution in [1.82, 2.24) is 9.97 Å². The maximum atomic E-state index is 11.3. The molecule has 2 aromatic heterocycles. The minimum Gasteiger partial charge on any atom is -0.477 e. The van der Waals surface area contributed by atoms with Gasteiger partial charge >= 0.3 is 5.97 Å². The normalized spacial score (nSPS) is 11.2. The molecule has 0 saturated carbocycles. The van der Waals surface area contributed by atoms with Crippen LogP contribution in [0.25, 0.3) is 28.2 Å². The van der Waals surface area contributed by atoms with E-state index in [0.717, 1.165) is 33.6 Å². The van der Waals surface area contributed by atoms with Crippen molar-refractivity contribution in [1.29, 1.82) is 5.26 Å². The fourth-order valence-corrected chi connectivity index (χ4v) is 4.00. The van der Waals surface area contributed by atoms with Gasteiger partial charge in [-0.05, 0) is 54.1 Å². The van der Waals surface area contributed by atoms with E-state index in [4.69, 9.17) is 5.26 Å². The molecule has 0 amide bonds. The first-order valence-electron chi connectivity index (χ1n) is 11.0. The Morgan fingerprint density at radius 3 is 2.06 bits per heavy atom. The molecule has 6 heteroatoms. The average molecular weight is 457 g/mol. The monoisotopic (exact) mass is 456 g/mol. The number of nitrogens with one attached hydrogen (secondary N) is 1. The molecule has 6 nitrogen and oxygen atoms in total. The third-order valence-electron chi connectivity index (χ3n) is 5.70. The minimum atomic E-state index is -1.26. The summed E-state index contributed by atoms with van der Waals surface area (Å²) < 4.78 is 0. The SMILES string of the molecule is N#C/C(=C/c1c[nH]c2ncc(-c3ccc(N(c4ccccc4)c4ccccc4)cc3)cc12)C(=O)O. The standard InChI is InChI=1S/C29H20N4O2/c30-17-21(29(34)35)15-23-19-32-28-27(23)16-22(18-31-28)20-11-13-26(14-12-20)33(24-7-3-1-4-8-24)25-9-5-2-6-10-25/h1-16,18-19H,(H,31,32)(H,34,35)/b21-15-. The lowest BCUT2D eigenvalue weighted by atomic mass is 10.0. The first-order chi connectivity index (χ1) is 17.1. The molecule has 0 fully saturated rings. The minimum absolute atomic E-state index is 0.331. The number of carboxylic acid groups (broad SMARTS) is 1. The number of aliphatic carboxylic acids is 1. The van der Waals surface area contributed by atoms with Gasteiger partial charge in [0.25, 0.3) is 0 Å². The Morgan fingerprint density at radius 1 is 0.886 bits per heavy atom. The fourth-order valence-electron chi connectivity index (χ4n) is 4.00. The molecule has 0 atom stereocenters. The van der Waals surface area contributed by atoms with Crippen molar-refractivity contribution in [2.75, 3.05) is 4.90 Å². The van der Waals surface area contributed by atoms with Crippen LogP contribution in [-0.4, -0.2) is 21.0 Å². The van der Waals surface area contributed by atoms with Crippen LogP contribution in [-0.2, 0) is 4.79 Å². The highest BCUT2D eigenvalue weighted by molar-refractivity contribution is 6.00. The number of carboxylic acids is 1. The number of aromatic amines is 1. The number of hydrogen-bond acceptors (Lipinski definition) is 4. The Kier molecular flexibility index (Phi) is 5.81. The topological polar surface area (TPSA) is 93.0 Å². The number of rotatable bonds is 6. The fraction of sp³-hybridized carbons (Fsp3) is 0. The predicted molar refractivity (Wildman–Crippen MR) is 137 cm³/mol. The average Bonchev–Trinajstić information content (AvgIpc) is 3.31.